The van der Waals surface area contributed by atoms with E-state index in [9.17, 15) is 38.7 Å². The highest BCUT2D eigenvalue weighted by Crippen LogP contribution is 2.13. The van der Waals surface area contributed by atoms with Gasteiger partial charge in [-0.05, 0) is 55.9 Å². The Morgan fingerprint density at radius 2 is 1.53 bits per heavy atom. The summed E-state index contributed by atoms with van der Waals surface area (Å²) in [5, 5.41) is 25.7. The summed E-state index contributed by atoms with van der Waals surface area (Å²) in [4.78, 5) is 99.2. The van der Waals surface area contributed by atoms with Crippen LogP contribution >= 0.6 is 0 Å². The van der Waals surface area contributed by atoms with Crippen molar-refractivity contribution < 1.29 is 38.7 Å². The van der Waals surface area contributed by atoms with Gasteiger partial charge in [0.15, 0.2) is 0 Å². The predicted octanol–water partition coefficient (Wildman–Crippen LogP) is 0.203. The molecule has 2 heterocycles. The normalized spacial score (nSPS) is 17.6. The number of amides is 6. The SMILES string of the molecule is CC[C@H](C)[C@H](NC(=O)[C@H](CCC(=O)O)NC(=O)[C@H](Cc1cnc[nH]1)NC(=O)[C@H](CC(C)C)NC(=O)[C@H](N)Cc1ccccc1)C(=O)N[C@H]1CCCCNC1=O. The molecule has 1 aromatic heterocycles. The number of hydrogen-bond acceptors (Lipinski definition) is 9. The van der Waals surface area contributed by atoms with Crippen LogP contribution in [-0.2, 0) is 46.4 Å². The van der Waals surface area contributed by atoms with Gasteiger partial charge in [0, 0.05) is 31.3 Å². The molecule has 302 valence electrons. The first-order chi connectivity index (χ1) is 26.2. The summed E-state index contributed by atoms with van der Waals surface area (Å²) in [6.07, 6.45) is 4.79. The van der Waals surface area contributed by atoms with Gasteiger partial charge in [-0.2, -0.15) is 0 Å². The van der Waals surface area contributed by atoms with Gasteiger partial charge in [-0.25, -0.2) is 4.98 Å². The summed E-state index contributed by atoms with van der Waals surface area (Å²) in [6.45, 7) is 7.82. The predicted molar refractivity (Wildman–Crippen MR) is 203 cm³/mol. The van der Waals surface area contributed by atoms with E-state index in [1.807, 2.05) is 51.1 Å². The second-order valence-electron chi connectivity index (χ2n) is 14.5. The molecule has 0 unspecified atom stereocenters. The Kier molecular flexibility index (Phi) is 17.8. The van der Waals surface area contributed by atoms with Crippen molar-refractivity contribution in [2.75, 3.05) is 6.54 Å². The van der Waals surface area contributed by atoms with Gasteiger partial charge in [0.25, 0.3) is 0 Å². The van der Waals surface area contributed by atoms with Gasteiger partial charge in [0.1, 0.15) is 30.2 Å². The van der Waals surface area contributed by atoms with Crippen LogP contribution in [0.3, 0.4) is 0 Å². The maximum absolute atomic E-state index is 14.0. The van der Waals surface area contributed by atoms with Crippen molar-refractivity contribution in [3.63, 3.8) is 0 Å². The zero-order valence-corrected chi connectivity index (χ0v) is 32.1. The maximum Gasteiger partial charge on any atom is 0.303 e. The number of imidazole rings is 1. The number of nitrogens with one attached hydrogen (secondary N) is 7. The van der Waals surface area contributed by atoms with Crippen LogP contribution in [0.4, 0.5) is 0 Å². The van der Waals surface area contributed by atoms with E-state index in [0.717, 1.165) is 18.4 Å². The van der Waals surface area contributed by atoms with Crippen LogP contribution in [0.5, 0.6) is 0 Å². The monoisotopic (exact) mass is 767 g/mol. The minimum atomic E-state index is -1.42. The third-order valence-corrected chi connectivity index (χ3v) is 9.51. The molecule has 1 aromatic carbocycles. The summed E-state index contributed by atoms with van der Waals surface area (Å²) in [5.74, 6) is -5.41. The molecule has 2 aromatic rings. The highest BCUT2D eigenvalue weighted by Gasteiger charge is 2.35. The van der Waals surface area contributed by atoms with Crippen molar-refractivity contribution in [2.45, 2.75) is 122 Å². The zero-order chi connectivity index (χ0) is 40.5. The van der Waals surface area contributed by atoms with E-state index < -0.39 is 84.1 Å². The van der Waals surface area contributed by atoms with Crippen molar-refractivity contribution >= 4 is 41.4 Å². The maximum atomic E-state index is 14.0. The number of carbonyl (C=O) groups is 7. The van der Waals surface area contributed by atoms with E-state index in [4.69, 9.17) is 5.73 Å². The van der Waals surface area contributed by atoms with Crippen LogP contribution in [0.2, 0.25) is 0 Å². The number of carbonyl (C=O) groups excluding carboxylic acids is 6. The Bertz CT molecular complexity index is 1590. The fourth-order valence-corrected chi connectivity index (χ4v) is 6.14. The summed E-state index contributed by atoms with van der Waals surface area (Å²) in [7, 11) is 0. The summed E-state index contributed by atoms with van der Waals surface area (Å²) < 4.78 is 0. The number of nitrogens with zero attached hydrogens (tertiary/aromatic N) is 1. The Hall–Kier alpha value is -5.32. The van der Waals surface area contributed by atoms with Crippen LogP contribution in [0.15, 0.2) is 42.9 Å². The smallest absolute Gasteiger partial charge is 0.303 e. The number of aromatic amines is 1. The molecule has 1 aliphatic heterocycles. The Morgan fingerprint density at radius 3 is 2.16 bits per heavy atom. The Labute approximate surface area is 321 Å². The minimum absolute atomic E-state index is 0.0435. The molecular formula is C38H57N9O8. The van der Waals surface area contributed by atoms with Gasteiger partial charge < -0.3 is 47.7 Å². The van der Waals surface area contributed by atoms with Gasteiger partial charge >= 0.3 is 5.97 Å². The molecule has 1 fully saturated rings. The molecular weight excluding hydrogens is 710 g/mol. The summed E-state index contributed by atoms with van der Waals surface area (Å²) in [6, 6.07) is 2.55. The van der Waals surface area contributed by atoms with E-state index in [-0.39, 0.29) is 37.5 Å². The van der Waals surface area contributed by atoms with Gasteiger partial charge in [0.05, 0.1) is 12.4 Å². The number of carboxylic acids is 1. The van der Waals surface area contributed by atoms with Crippen LogP contribution in [0.1, 0.15) is 83.9 Å². The Balaban J connectivity index is 1.81. The molecule has 6 amide bonds. The van der Waals surface area contributed by atoms with Gasteiger partial charge in [-0.3, -0.25) is 33.6 Å². The van der Waals surface area contributed by atoms with Crippen molar-refractivity contribution in [1.82, 2.24) is 41.9 Å². The first kappa shape index (κ1) is 44.1. The molecule has 10 N–H and O–H groups in total. The van der Waals surface area contributed by atoms with Crippen molar-refractivity contribution in [3.05, 3.63) is 54.1 Å². The third-order valence-electron chi connectivity index (χ3n) is 9.51. The number of hydrogen-bond donors (Lipinski definition) is 9. The lowest BCUT2D eigenvalue weighted by molar-refractivity contribution is -0.139. The van der Waals surface area contributed by atoms with E-state index in [0.29, 0.717) is 25.1 Å². The first-order valence-corrected chi connectivity index (χ1v) is 19.0. The molecule has 17 nitrogen and oxygen atoms in total. The van der Waals surface area contributed by atoms with Crippen LogP contribution in [-0.4, -0.2) is 99.3 Å². The lowest BCUT2D eigenvalue weighted by atomic mass is 9.96. The molecule has 1 saturated heterocycles. The van der Waals surface area contributed by atoms with E-state index in [2.05, 4.69) is 41.9 Å². The molecule has 0 bridgehead atoms. The number of nitrogens with two attached hydrogens (primary N) is 1. The van der Waals surface area contributed by atoms with Crippen LogP contribution in [0, 0.1) is 11.8 Å². The highest BCUT2D eigenvalue weighted by atomic mass is 16.4. The standard InChI is InChI=1S/C38H57N9O8/c1-5-23(4)32(38(55)44-27-13-9-10-16-41-34(27)51)47-35(52)28(14-15-31(48)49)43-37(54)30(19-25-20-40-21-42-25)46-36(53)29(17-22(2)3)45-33(50)26(39)18-24-11-7-6-8-12-24/h6-8,11-12,20-23,26-30,32H,5,9-10,13-19,39H2,1-4H3,(H,40,42)(H,41,51)(H,43,54)(H,44,55)(H,45,50)(H,46,53)(H,47,52)(H,48,49)/t23-,26+,27-,28-,29-,30-,32-/m0/s1. The topological polar surface area (TPSA) is 267 Å². The van der Waals surface area contributed by atoms with Gasteiger partial charge in [0.2, 0.25) is 35.4 Å². The molecule has 0 saturated carbocycles. The number of aliphatic carboxylic acids is 1. The molecule has 0 radical (unpaired) electrons. The molecule has 55 heavy (non-hydrogen) atoms. The number of carboxylic acid groups (broad SMARTS) is 1. The van der Waals surface area contributed by atoms with E-state index in [1.54, 1.807) is 6.92 Å². The number of aromatic nitrogens is 2. The largest absolute Gasteiger partial charge is 0.481 e. The first-order valence-electron chi connectivity index (χ1n) is 19.0. The molecule has 0 spiro atoms. The number of rotatable bonds is 21. The molecule has 17 heteroatoms. The third kappa shape index (κ3) is 14.8. The van der Waals surface area contributed by atoms with Crippen molar-refractivity contribution in [3.8, 4) is 0 Å². The van der Waals surface area contributed by atoms with E-state index >= 15 is 0 Å². The van der Waals surface area contributed by atoms with E-state index in [1.165, 1.54) is 12.5 Å². The minimum Gasteiger partial charge on any atom is -0.481 e. The summed E-state index contributed by atoms with van der Waals surface area (Å²) in [5.41, 5.74) is 7.51. The average molecular weight is 768 g/mol. The quantitative estimate of drug-likeness (QED) is 0.0833. The molecule has 1 aliphatic rings. The fraction of sp³-hybridized carbons (Fsp3) is 0.579. The second kappa shape index (κ2) is 22.2. The number of H-pyrrole nitrogens is 1. The Morgan fingerprint density at radius 1 is 0.873 bits per heavy atom. The van der Waals surface area contributed by atoms with Gasteiger partial charge in [-0.1, -0.05) is 64.4 Å². The highest BCUT2D eigenvalue weighted by molar-refractivity contribution is 5.97. The molecule has 3 rings (SSSR count). The summed E-state index contributed by atoms with van der Waals surface area (Å²) >= 11 is 0. The molecule has 7 atom stereocenters. The zero-order valence-electron chi connectivity index (χ0n) is 32.1. The van der Waals surface area contributed by atoms with Crippen LogP contribution in [0.25, 0.3) is 0 Å². The average Bonchev–Trinajstić information content (AvgIpc) is 3.58. The number of benzene rings is 1. The second-order valence-corrected chi connectivity index (χ2v) is 14.5. The lowest BCUT2D eigenvalue weighted by Gasteiger charge is -2.29. The van der Waals surface area contributed by atoms with Gasteiger partial charge in [-0.15, -0.1) is 0 Å². The van der Waals surface area contributed by atoms with Crippen molar-refractivity contribution in [1.29, 1.82) is 0 Å². The fourth-order valence-electron chi connectivity index (χ4n) is 6.14. The lowest BCUT2D eigenvalue weighted by Crippen LogP contribution is -2.60. The van der Waals surface area contributed by atoms with Crippen molar-refractivity contribution in [2.24, 2.45) is 17.6 Å². The molecule has 0 aliphatic carbocycles. The van der Waals surface area contributed by atoms with Crippen LogP contribution < -0.4 is 37.6 Å².